The van der Waals surface area contributed by atoms with E-state index in [4.69, 9.17) is 27.0 Å². The van der Waals surface area contributed by atoms with Crippen molar-refractivity contribution in [2.75, 3.05) is 6.61 Å². The van der Waals surface area contributed by atoms with Gasteiger partial charge in [-0.3, -0.25) is 0 Å². The number of esters is 1. The molecule has 106 valence electrons. The molecule has 0 amide bonds. The molecule has 0 aliphatic carbocycles. The first-order chi connectivity index (χ1) is 8.77. The van der Waals surface area contributed by atoms with Crippen LogP contribution in [0, 0.1) is 5.82 Å². The lowest BCUT2D eigenvalue weighted by molar-refractivity contribution is 0.0494. The predicted octanol–water partition coefficient (Wildman–Crippen LogP) is 3.36. The van der Waals surface area contributed by atoms with Gasteiger partial charge in [0.05, 0.1) is 17.2 Å². The Kier molecular flexibility index (Phi) is 5.58. The molecule has 0 saturated carbocycles. The molecule has 1 aromatic carbocycles. The van der Waals surface area contributed by atoms with Crippen molar-refractivity contribution in [1.82, 2.24) is 0 Å². The lowest BCUT2D eigenvalue weighted by atomic mass is 10.2. The van der Waals surface area contributed by atoms with Crippen molar-refractivity contribution >= 4 is 37.3 Å². The molecule has 0 bridgehead atoms. The minimum atomic E-state index is -4.17. The quantitative estimate of drug-likeness (QED) is 0.472. The van der Waals surface area contributed by atoms with Crippen LogP contribution in [0.4, 0.5) is 4.39 Å². The largest absolute Gasteiger partial charge is 0.462 e. The Balaban J connectivity index is 3.11. The number of ether oxygens (including phenoxy) is 1. The van der Waals surface area contributed by atoms with Crippen LogP contribution < -0.4 is 0 Å². The Hall–Kier alpha value is -0.850. The predicted molar refractivity (Wildman–Crippen MR) is 69.6 cm³/mol. The molecule has 8 heteroatoms. The molecule has 1 aromatic rings. The molecule has 0 radical (unpaired) electrons. The summed E-state index contributed by atoms with van der Waals surface area (Å²) in [6.45, 7) is 2.02. The fourth-order valence-electron chi connectivity index (χ4n) is 1.26. The molecule has 0 fully saturated rings. The van der Waals surface area contributed by atoms with Crippen molar-refractivity contribution in [1.29, 1.82) is 0 Å². The molecule has 19 heavy (non-hydrogen) atoms. The average molecular weight is 329 g/mol. The van der Waals surface area contributed by atoms with E-state index >= 15 is 0 Å². The number of carbonyl (C=O) groups is 1. The number of unbranched alkanes of at least 4 members (excludes halogenated alkanes) is 1. The zero-order valence-electron chi connectivity index (χ0n) is 9.95. The first-order valence-electron chi connectivity index (χ1n) is 5.38. The van der Waals surface area contributed by atoms with Gasteiger partial charge in [-0.2, -0.15) is 0 Å². The molecule has 0 N–H and O–H groups in total. The third kappa shape index (κ3) is 4.33. The minimum Gasteiger partial charge on any atom is -0.462 e. The van der Waals surface area contributed by atoms with Crippen molar-refractivity contribution in [3.8, 4) is 0 Å². The number of hydrogen-bond donors (Lipinski definition) is 0. The summed E-state index contributed by atoms with van der Waals surface area (Å²) in [6.07, 6.45) is 1.43. The monoisotopic (exact) mass is 328 g/mol. The van der Waals surface area contributed by atoms with Gasteiger partial charge in [0.1, 0.15) is 10.7 Å². The van der Waals surface area contributed by atoms with E-state index in [2.05, 4.69) is 0 Å². The van der Waals surface area contributed by atoms with E-state index < -0.39 is 36.3 Å². The molecule has 1 rings (SSSR count). The van der Waals surface area contributed by atoms with Crippen LogP contribution in [-0.4, -0.2) is 21.0 Å². The van der Waals surface area contributed by atoms with E-state index in [-0.39, 0.29) is 6.61 Å². The Morgan fingerprint density at radius 3 is 2.58 bits per heavy atom. The summed E-state index contributed by atoms with van der Waals surface area (Å²) < 4.78 is 40.8. The molecule has 0 saturated heterocycles. The fourth-order valence-corrected chi connectivity index (χ4v) is 2.77. The number of rotatable bonds is 5. The molecule has 0 unspecified atom stereocenters. The van der Waals surface area contributed by atoms with Crippen molar-refractivity contribution in [2.24, 2.45) is 0 Å². The first kappa shape index (κ1) is 16.2. The number of halogens is 3. The summed E-state index contributed by atoms with van der Waals surface area (Å²) in [6, 6.07) is 1.49. The average Bonchev–Trinajstić information content (AvgIpc) is 2.27. The van der Waals surface area contributed by atoms with Gasteiger partial charge in [0, 0.05) is 10.7 Å². The van der Waals surface area contributed by atoms with E-state index in [1.165, 1.54) is 0 Å². The van der Waals surface area contributed by atoms with E-state index in [0.717, 1.165) is 12.5 Å². The van der Waals surface area contributed by atoms with Gasteiger partial charge in [0.2, 0.25) is 0 Å². The van der Waals surface area contributed by atoms with Crippen LogP contribution in [0.25, 0.3) is 0 Å². The maximum atomic E-state index is 13.6. The third-order valence-corrected chi connectivity index (χ3v) is 4.02. The number of benzene rings is 1. The number of carbonyl (C=O) groups excluding carboxylic acids is 1. The summed E-state index contributed by atoms with van der Waals surface area (Å²) in [7, 11) is 0.967. The highest BCUT2D eigenvalue weighted by Gasteiger charge is 2.22. The molecular formula is C11H11Cl2FO4S. The molecule has 4 nitrogen and oxygen atoms in total. The molecule has 0 aliphatic rings. The van der Waals surface area contributed by atoms with Gasteiger partial charge in [-0.05, 0) is 18.6 Å². The smallest absolute Gasteiger partial charge is 0.341 e. The van der Waals surface area contributed by atoms with Crippen molar-refractivity contribution in [3.05, 3.63) is 28.5 Å². The van der Waals surface area contributed by atoms with Gasteiger partial charge in [0.25, 0.3) is 9.05 Å². The van der Waals surface area contributed by atoms with Crippen molar-refractivity contribution in [2.45, 2.75) is 24.7 Å². The summed E-state index contributed by atoms with van der Waals surface area (Å²) >= 11 is 5.56. The molecule has 0 aliphatic heterocycles. The SMILES string of the molecule is CCCCOC(=O)c1cc(S(=O)(=O)Cl)c(Cl)cc1F. The van der Waals surface area contributed by atoms with Crippen molar-refractivity contribution in [3.63, 3.8) is 0 Å². The lowest BCUT2D eigenvalue weighted by Crippen LogP contribution is -2.10. The van der Waals surface area contributed by atoms with Crippen LogP contribution >= 0.6 is 22.3 Å². The van der Waals surface area contributed by atoms with E-state index in [9.17, 15) is 17.6 Å². The van der Waals surface area contributed by atoms with Crippen LogP contribution in [0.1, 0.15) is 30.1 Å². The van der Waals surface area contributed by atoms with E-state index in [0.29, 0.717) is 12.5 Å². The molecule has 0 spiro atoms. The topological polar surface area (TPSA) is 60.4 Å². The highest BCUT2D eigenvalue weighted by atomic mass is 35.7. The lowest BCUT2D eigenvalue weighted by Gasteiger charge is -2.07. The standard InChI is InChI=1S/C11H11Cl2FO4S/c1-2-3-4-18-11(15)7-5-10(19(13,16)17)8(12)6-9(7)14/h5-6H,2-4H2,1H3. The molecule has 0 aromatic heterocycles. The van der Waals surface area contributed by atoms with Gasteiger partial charge in [-0.25, -0.2) is 17.6 Å². The summed E-state index contributed by atoms with van der Waals surface area (Å²) in [5.41, 5.74) is -0.514. The highest BCUT2D eigenvalue weighted by Crippen LogP contribution is 2.28. The van der Waals surface area contributed by atoms with Gasteiger partial charge in [0.15, 0.2) is 0 Å². The summed E-state index contributed by atoms with van der Waals surface area (Å²) in [4.78, 5) is 11.1. The Labute approximate surface area is 119 Å². The molecule has 0 atom stereocenters. The molecule has 0 heterocycles. The highest BCUT2D eigenvalue weighted by molar-refractivity contribution is 8.13. The second-order valence-electron chi connectivity index (χ2n) is 3.69. The number of hydrogen-bond acceptors (Lipinski definition) is 4. The van der Waals surface area contributed by atoms with Crippen LogP contribution in [0.15, 0.2) is 17.0 Å². The Bertz CT molecular complexity index is 587. The van der Waals surface area contributed by atoms with Crippen LogP contribution in [0.5, 0.6) is 0 Å². The third-order valence-electron chi connectivity index (χ3n) is 2.24. The van der Waals surface area contributed by atoms with Crippen LogP contribution in [0.3, 0.4) is 0 Å². The normalized spacial score (nSPS) is 11.4. The molecular weight excluding hydrogens is 318 g/mol. The van der Waals surface area contributed by atoms with E-state index in [1.807, 2.05) is 6.92 Å². The van der Waals surface area contributed by atoms with E-state index in [1.54, 1.807) is 0 Å². The Morgan fingerprint density at radius 1 is 1.42 bits per heavy atom. The Morgan fingerprint density at radius 2 is 2.05 bits per heavy atom. The van der Waals surface area contributed by atoms with Crippen LogP contribution in [0.2, 0.25) is 5.02 Å². The maximum Gasteiger partial charge on any atom is 0.341 e. The summed E-state index contributed by atoms with van der Waals surface area (Å²) in [5, 5.41) is -0.391. The van der Waals surface area contributed by atoms with Gasteiger partial charge in [-0.15, -0.1) is 0 Å². The fraction of sp³-hybridized carbons (Fsp3) is 0.364. The van der Waals surface area contributed by atoms with Crippen LogP contribution in [-0.2, 0) is 13.8 Å². The maximum absolute atomic E-state index is 13.6. The zero-order chi connectivity index (χ0) is 14.6. The minimum absolute atomic E-state index is 0.125. The first-order valence-corrected chi connectivity index (χ1v) is 8.07. The van der Waals surface area contributed by atoms with Gasteiger partial charge >= 0.3 is 5.97 Å². The summed E-state index contributed by atoms with van der Waals surface area (Å²) in [5.74, 6) is -1.92. The van der Waals surface area contributed by atoms with Crippen molar-refractivity contribution < 1.29 is 22.3 Å². The second kappa shape index (κ2) is 6.54. The zero-order valence-corrected chi connectivity index (χ0v) is 12.3. The van der Waals surface area contributed by atoms with Gasteiger partial charge in [-0.1, -0.05) is 24.9 Å². The second-order valence-corrected chi connectivity index (χ2v) is 6.63. The van der Waals surface area contributed by atoms with Gasteiger partial charge < -0.3 is 4.74 Å².